The average Bonchev–Trinajstić information content (AvgIpc) is 3.37. The Morgan fingerprint density at radius 2 is 2.00 bits per heavy atom. The molecular weight excluding hydrogens is 349 g/mol. The first-order chi connectivity index (χ1) is 12.2. The summed E-state index contributed by atoms with van der Waals surface area (Å²) in [4.78, 5) is 26.4. The van der Waals surface area contributed by atoms with Crippen LogP contribution in [0.2, 0.25) is 0 Å². The number of carbonyl (C=O) groups excluding carboxylic acids is 1. The van der Waals surface area contributed by atoms with Crippen LogP contribution < -0.4 is 15.6 Å². The number of aromatic nitrogens is 1. The zero-order valence-electron chi connectivity index (χ0n) is 14.2. The highest BCUT2D eigenvalue weighted by molar-refractivity contribution is 6.06. The van der Waals surface area contributed by atoms with E-state index >= 15 is 0 Å². The van der Waals surface area contributed by atoms with Gasteiger partial charge in [-0.25, -0.2) is 0 Å². The summed E-state index contributed by atoms with van der Waals surface area (Å²) in [6, 6.07) is 3.84. The highest BCUT2D eigenvalue weighted by atomic mass is 19.4. The van der Waals surface area contributed by atoms with Gasteiger partial charge in [-0.05, 0) is 43.4 Å². The lowest BCUT2D eigenvalue weighted by atomic mass is 9.93. The predicted molar refractivity (Wildman–Crippen MR) is 89.7 cm³/mol. The van der Waals surface area contributed by atoms with E-state index < -0.39 is 23.2 Å². The van der Waals surface area contributed by atoms with Crippen LogP contribution in [0, 0.1) is 6.92 Å². The van der Waals surface area contributed by atoms with Crippen LogP contribution in [-0.2, 0) is 6.18 Å². The maximum Gasteiger partial charge on any atom is 0.417 e. The minimum Gasteiger partial charge on any atom is -0.496 e. The number of aryl methyl sites for hydroxylation is 1. The Balaban J connectivity index is 2.10. The topological polar surface area (TPSA) is 71.2 Å². The molecule has 0 aliphatic heterocycles. The Labute approximate surface area is 147 Å². The first-order valence-corrected chi connectivity index (χ1v) is 8.01. The highest BCUT2D eigenvalue weighted by Crippen LogP contribution is 2.51. The molecule has 0 saturated heterocycles. The molecule has 1 aromatic carbocycles. The Kier molecular flexibility index (Phi) is 4.52. The van der Waals surface area contributed by atoms with Crippen molar-refractivity contribution in [1.82, 2.24) is 4.98 Å². The summed E-state index contributed by atoms with van der Waals surface area (Å²) < 4.78 is 45.9. The second kappa shape index (κ2) is 6.51. The fourth-order valence-electron chi connectivity index (χ4n) is 3.07. The number of nitrogens with one attached hydrogen (secondary N) is 2. The average molecular weight is 366 g/mol. The summed E-state index contributed by atoms with van der Waals surface area (Å²) in [5.41, 5.74) is -0.875. The van der Waals surface area contributed by atoms with E-state index in [2.05, 4.69) is 10.3 Å². The number of pyridine rings is 1. The summed E-state index contributed by atoms with van der Waals surface area (Å²) in [6.07, 6.45) is -1.92. The van der Waals surface area contributed by atoms with Gasteiger partial charge in [0, 0.05) is 23.5 Å². The van der Waals surface area contributed by atoms with Gasteiger partial charge in [0.2, 0.25) is 5.56 Å². The number of carbonyl (C=O) groups is 1. The van der Waals surface area contributed by atoms with E-state index in [0.29, 0.717) is 12.8 Å². The van der Waals surface area contributed by atoms with Crippen LogP contribution in [0.25, 0.3) is 0 Å². The van der Waals surface area contributed by atoms with Crippen molar-refractivity contribution in [1.29, 1.82) is 0 Å². The number of amides is 1. The fraction of sp³-hybridized carbons (Fsp3) is 0.333. The van der Waals surface area contributed by atoms with Crippen LogP contribution >= 0.6 is 0 Å². The number of hydrogen-bond acceptors (Lipinski definition) is 3. The minimum absolute atomic E-state index is 0.0141. The van der Waals surface area contributed by atoms with Gasteiger partial charge in [0.25, 0.3) is 5.91 Å². The normalized spacial score (nSPS) is 14.2. The molecule has 1 aliphatic rings. The summed E-state index contributed by atoms with van der Waals surface area (Å²) in [5, 5.41) is 2.53. The number of rotatable bonds is 4. The molecule has 0 bridgehead atoms. The number of methoxy groups -OCH3 is 1. The summed E-state index contributed by atoms with van der Waals surface area (Å²) >= 11 is 0. The molecule has 1 aromatic heterocycles. The summed E-state index contributed by atoms with van der Waals surface area (Å²) in [7, 11) is 1.25. The number of alkyl halides is 3. The van der Waals surface area contributed by atoms with Crippen LogP contribution in [-0.4, -0.2) is 18.0 Å². The van der Waals surface area contributed by atoms with E-state index in [-0.39, 0.29) is 34.0 Å². The molecule has 1 saturated carbocycles. The Morgan fingerprint density at radius 3 is 2.54 bits per heavy atom. The predicted octanol–water partition coefficient (Wildman–Crippen LogP) is 3.84. The zero-order chi connectivity index (χ0) is 19.1. The highest BCUT2D eigenvalue weighted by Gasteiger charge is 2.43. The maximum absolute atomic E-state index is 13.5. The van der Waals surface area contributed by atoms with Gasteiger partial charge in [-0.3, -0.25) is 9.59 Å². The molecule has 1 fully saturated rings. The number of ether oxygens (including phenoxy) is 1. The monoisotopic (exact) mass is 366 g/mol. The Bertz CT molecular complexity index is 915. The number of H-pyrrole nitrogens is 1. The molecule has 8 heteroatoms. The van der Waals surface area contributed by atoms with Crippen LogP contribution in [0.3, 0.4) is 0 Å². The van der Waals surface area contributed by atoms with Crippen molar-refractivity contribution in [3.05, 3.63) is 57.0 Å². The number of aromatic amines is 1. The van der Waals surface area contributed by atoms with Crippen molar-refractivity contribution in [3.63, 3.8) is 0 Å². The lowest BCUT2D eigenvalue weighted by Crippen LogP contribution is -2.19. The molecule has 5 nitrogen and oxygen atoms in total. The standard InChI is InChI=1S/C18H17F3N2O3/c1-9-7-12(17(25)23-11-5-6-22-13(24)8-11)16(26-2)14(10-3-4-10)15(9)18(19,20)21/h5-8,10H,3-4H2,1-2H3,(H2,22,23,24,25). The van der Waals surface area contributed by atoms with Gasteiger partial charge in [-0.2, -0.15) is 13.2 Å². The molecule has 1 heterocycles. The molecular formula is C18H17F3N2O3. The summed E-state index contributed by atoms with van der Waals surface area (Å²) in [5.74, 6) is -0.966. The van der Waals surface area contributed by atoms with Gasteiger partial charge in [0.15, 0.2) is 0 Å². The van der Waals surface area contributed by atoms with Crippen molar-refractivity contribution < 1.29 is 22.7 Å². The third-order valence-corrected chi connectivity index (χ3v) is 4.26. The molecule has 0 unspecified atom stereocenters. The van der Waals surface area contributed by atoms with Gasteiger partial charge in [-0.1, -0.05) is 0 Å². The maximum atomic E-state index is 13.5. The van der Waals surface area contributed by atoms with Crippen LogP contribution in [0.15, 0.2) is 29.2 Å². The van der Waals surface area contributed by atoms with Crippen LogP contribution in [0.1, 0.15) is 45.8 Å². The van der Waals surface area contributed by atoms with Gasteiger partial charge in [-0.15, -0.1) is 0 Å². The molecule has 0 spiro atoms. The van der Waals surface area contributed by atoms with Crippen molar-refractivity contribution in [2.75, 3.05) is 12.4 Å². The van der Waals surface area contributed by atoms with Gasteiger partial charge in [0.05, 0.1) is 18.2 Å². The second-order valence-electron chi connectivity index (χ2n) is 6.23. The Hall–Kier alpha value is -2.77. The third kappa shape index (κ3) is 3.44. The molecule has 2 N–H and O–H groups in total. The molecule has 138 valence electrons. The molecule has 26 heavy (non-hydrogen) atoms. The van der Waals surface area contributed by atoms with E-state index in [1.165, 1.54) is 38.4 Å². The molecule has 3 rings (SSSR count). The van der Waals surface area contributed by atoms with Gasteiger partial charge in [0.1, 0.15) is 5.75 Å². The zero-order valence-corrected chi connectivity index (χ0v) is 14.2. The van der Waals surface area contributed by atoms with Gasteiger partial charge < -0.3 is 15.0 Å². The van der Waals surface area contributed by atoms with E-state index in [0.717, 1.165) is 0 Å². The molecule has 0 atom stereocenters. The van der Waals surface area contributed by atoms with Crippen molar-refractivity contribution >= 4 is 11.6 Å². The molecule has 1 amide bonds. The fourth-order valence-corrected chi connectivity index (χ4v) is 3.07. The number of anilines is 1. The number of benzene rings is 1. The van der Waals surface area contributed by atoms with E-state index in [1.54, 1.807) is 0 Å². The second-order valence-corrected chi connectivity index (χ2v) is 6.23. The van der Waals surface area contributed by atoms with Crippen LogP contribution in [0.5, 0.6) is 5.75 Å². The smallest absolute Gasteiger partial charge is 0.417 e. The van der Waals surface area contributed by atoms with Crippen molar-refractivity contribution in [2.45, 2.75) is 31.9 Å². The SMILES string of the molecule is COc1c(C(=O)Nc2cc[nH]c(=O)c2)cc(C)c(C(F)(F)F)c1C1CC1. The van der Waals surface area contributed by atoms with Gasteiger partial charge >= 0.3 is 6.18 Å². The lowest BCUT2D eigenvalue weighted by molar-refractivity contribution is -0.138. The van der Waals surface area contributed by atoms with E-state index in [1.807, 2.05) is 0 Å². The number of halogens is 3. The lowest BCUT2D eigenvalue weighted by Gasteiger charge is -2.21. The van der Waals surface area contributed by atoms with E-state index in [4.69, 9.17) is 4.74 Å². The van der Waals surface area contributed by atoms with Crippen molar-refractivity contribution in [2.24, 2.45) is 0 Å². The van der Waals surface area contributed by atoms with Crippen LogP contribution in [0.4, 0.5) is 18.9 Å². The molecule has 1 aliphatic carbocycles. The largest absolute Gasteiger partial charge is 0.496 e. The molecule has 0 radical (unpaired) electrons. The first kappa shape index (κ1) is 18.0. The summed E-state index contributed by atoms with van der Waals surface area (Å²) in [6.45, 7) is 1.33. The van der Waals surface area contributed by atoms with E-state index in [9.17, 15) is 22.8 Å². The Morgan fingerprint density at radius 1 is 1.31 bits per heavy atom. The number of hydrogen-bond donors (Lipinski definition) is 2. The third-order valence-electron chi connectivity index (χ3n) is 4.26. The first-order valence-electron chi connectivity index (χ1n) is 8.01. The quantitative estimate of drug-likeness (QED) is 0.864. The van der Waals surface area contributed by atoms with Crippen molar-refractivity contribution in [3.8, 4) is 5.75 Å². The minimum atomic E-state index is -4.53. The molecule has 2 aromatic rings.